The minimum absolute atomic E-state index is 0.120. The maximum absolute atomic E-state index is 13.4. The monoisotopic (exact) mass is 428 g/mol. The summed E-state index contributed by atoms with van der Waals surface area (Å²) in [5.41, 5.74) is -0.279. The van der Waals surface area contributed by atoms with Gasteiger partial charge in [0.25, 0.3) is 11.8 Å². The number of likely N-dealkylation sites (tertiary alicyclic amines) is 2. The van der Waals surface area contributed by atoms with Gasteiger partial charge in [-0.25, -0.2) is 4.79 Å². The van der Waals surface area contributed by atoms with Gasteiger partial charge in [0.15, 0.2) is 0 Å². The zero-order chi connectivity index (χ0) is 22.0. The lowest BCUT2D eigenvalue weighted by atomic mass is 9.87. The highest BCUT2D eigenvalue weighted by atomic mass is 16.5. The Kier molecular flexibility index (Phi) is 6.18. The van der Waals surface area contributed by atoms with E-state index in [1.807, 2.05) is 12.1 Å². The summed E-state index contributed by atoms with van der Waals surface area (Å²) >= 11 is 0. The van der Waals surface area contributed by atoms with Crippen molar-refractivity contribution in [1.82, 2.24) is 20.0 Å². The molecule has 0 radical (unpaired) electrons. The molecule has 0 bridgehead atoms. The molecular weight excluding hydrogens is 396 g/mol. The van der Waals surface area contributed by atoms with E-state index in [0.29, 0.717) is 43.7 Å². The van der Waals surface area contributed by atoms with Crippen LogP contribution in [-0.2, 0) is 4.79 Å². The smallest absolute Gasteiger partial charge is 0.325 e. The lowest BCUT2D eigenvalue weighted by Gasteiger charge is -2.39. The second-order valence-corrected chi connectivity index (χ2v) is 8.78. The molecule has 4 amide bonds. The van der Waals surface area contributed by atoms with Gasteiger partial charge in [0.05, 0.1) is 18.7 Å². The summed E-state index contributed by atoms with van der Waals surface area (Å²) in [5.74, 6) is 0.282. The molecule has 1 spiro atoms. The van der Waals surface area contributed by atoms with Crippen LogP contribution in [0.2, 0.25) is 0 Å². The van der Waals surface area contributed by atoms with Gasteiger partial charge in [-0.3, -0.25) is 14.5 Å². The Labute approximate surface area is 183 Å². The highest BCUT2D eigenvalue weighted by Crippen LogP contribution is 2.33. The molecule has 3 aliphatic rings. The van der Waals surface area contributed by atoms with Crippen LogP contribution in [0.15, 0.2) is 24.3 Å². The molecule has 0 aromatic heterocycles. The third-order valence-electron chi connectivity index (χ3n) is 6.83. The summed E-state index contributed by atoms with van der Waals surface area (Å²) in [4.78, 5) is 44.9. The number of nitrogens with zero attached hydrogens (tertiary/aromatic N) is 3. The summed E-state index contributed by atoms with van der Waals surface area (Å²) < 4.78 is 5.34. The van der Waals surface area contributed by atoms with E-state index in [0.717, 1.165) is 32.5 Å². The van der Waals surface area contributed by atoms with E-state index >= 15 is 0 Å². The van der Waals surface area contributed by atoms with Gasteiger partial charge in [0.2, 0.25) is 0 Å². The largest absolute Gasteiger partial charge is 0.496 e. The number of hydrogen-bond donors (Lipinski definition) is 1. The average molecular weight is 429 g/mol. The lowest BCUT2D eigenvalue weighted by molar-refractivity contribution is -0.135. The molecule has 168 valence electrons. The lowest BCUT2D eigenvalue weighted by Crippen LogP contribution is -2.56. The average Bonchev–Trinajstić information content (AvgIpc) is 3.04. The molecule has 1 atom stereocenters. The summed E-state index contributed by atoms with van der Waals surface area (Å²) in [6.07, 6.45) is 3.83. The molecule has 4 rings (SSSR count). The van der Waals surface area contributed by atoms with Gasteiger partial charge in [-0.05, 0) is 50.8 Å². The number of hydrogen-bond acceptors (Lipinski definition) is 5. The van der Waals surface area contributed by atoms with Crippen LogP contribution in [0.25, 0.3) is 0 Å². The first kappa shape index (κ1) is 21.6. The highest BCUT2D eigenvalue weighted by Gasteiger charge is 2.54. The fraction of sp³-hybridized carbons (Fsp3) is 0.609. The van der Waals surface area contributed by atoms with Crippen molar-refractivity contribution >= 4 is 17.8 Å². The predicted octanol–water partition coefficient (Wildman–Crippen LogP) is 2.10. The van der Waals surface area contributed by atoms with Crippen LogP contribution in [0.5, 0.6) is 5.75 Å². The van der Waals surface area contributed by atoms with Crippen LogP contribution in [0.4, 0.5) is 4.79 Å². The third-order valence-corrected chi connectivity index (χ3v) is 6.83. The first-order valence-corrected chi connectivity index (χ1v) is 11.3. The number of rotatable bonds is 5. The van der Waals surface area contributed by atoms with Crippen molar-refractivity contribution in [1.29, 1.82) is 0 Å². The number of methoxy groups -OCH3 is 1. The Morgan fingerprint density at radius 3 is 2.65 bits per heavy atom. The van der Waals surface area contributed by atoms with Gasteiger partial charge in [0, 0.05) is 26.2 Å². The molecule has 1 aromatic carbocycles. The van der Waals surface area contributed by atoms with Crippen molar-refractivity contribution in [3.8, 4) is 5.75 Å². The van der Waals surface area contributed by atoms with Gasteiger partial charge < -0.3 is 19.9 Å². The van der Waals surface area contributed by atoms with E-state index in [-0.39, 0.29) is 23.9 Å². The zero-order valence-corrected chi connectivity index (χ0v) is 18.4. The third kappa shape index (κ3) is 4.01. The fourth-order valence-electron chi connectivity index (χ4n) is 5.13. The minimum Gasteiger partial charge on any atom is -0.496 e. The van der Waals surface area contributed by atoms with Crippen LogP contribution in [0.3, 0.4) is 0 Å². The number of benzene rings is 1. The van der Waals surface area contributed by atoms with E-state index in [9.17, 15) is 14.4 Å². The van der Waals surface area contributed by atoms with E-state index in [1.54, 1.807) is 24.1 Å². The first-order valence-electron chi connectivity index (χ1n) is 11.3. The standard InChI is InChI=1S/C23H32N4O4/c1-3-12-25-14-10-23(11-15-25)21(29)27(22(30)24-23)17-7-6-13-26(16-17)20(28)18-8-4-5-9-19(18)31-2/h4-5,8-9,17H,3,6-7,10-16H2,1-2H3,(H,24,30). The number of amides is 4. The quantitative estimate of drug-likeness (QED) is 0.727. The van der Waals surface area contributed by atoms with E-state index < -0.39 is 5.54 Å². The van der Waals surface area contributed by atoms with Gasteiger partial charge in [0.1, 0.15) is 11.3 Å². The molecular formula is C23H32N4O4. The van der Waals surface area contributed by atoms with Crippen LogP contribution in [0, 0.1) is 0 Å². The van der Waals surface area contributed by atoms with Gasteiger partial charge in [-0.2, -0.15) is 0 Å². The predicted molar refractivity (Wildman–Crippen MR) is 116 cm³/mol. The Hall–Kier alpha value is -2.61. The number of urea groups is 1. The van der Waals surface area contributed by atoms with Crippen molar-refractivity contribution in [2.24, 2.45) is 0 Å². The Morgan fingerprint density at radius 1 is 1.19 bits per heavy atom. The number of carbonyl (C=O) groups is 3. The van der Waals surface area contributed by atoms with Crippen molar-refractivity contribution in [2.45, 2.75) is 50.6 Å². The van der Waals surface area contributed by atoms with Crippen LogP contribution >= 0.6 is 0 Å². The van der Waals surface area contributed by atoms with Crippen molar-refractivity contribution in [3.63, 3.8) is 0 Å². The molecule has 3 aliphatic heterocycles. The number of para-hydroxylation sites is 1. The van der Waals surface area contributed by atoms with E-state index in [4.69, 9.17) is 4.74 Å². The maximum Gasteiger partial charge on any atom is 0.325 e. The Morgan fingerprint density at radius 2 is 1.94 bits per heavy atom. The molecule has 1 unspecified atom stereocenters. The Balaban J connectivity index is 1.46. The SMILES string of the molecule is CCCN1CCC2(CC1)NC(=O)N(C1CCCN(C(=O)c3ccccc3OC)C1)C2=O. The molecule has 0 saturated carbocycles. The number of ether oxygens (including phenoxy) is 1. The van der Waals surface area contributed by atoms with Gasteiger partial charge in [-0.15, -0.1) is 0 Å². The molecule has 31 heavy (non-hydrogen) atoms. The Bertz CT molecular complexity index is 850. The molecule has 8 heteroatoms. The first-order chi connectivity index (χ1) is 15.0. The van der Waals surface area contributed by atoms with Crippen molar-refractivity contribution in [2.75, 3.05) is 39.8 Å². The highest BCUT2D eigenvalue weighted by molar-refractivity contribution is 6.07. The molecule has 3 heterocycles. The molecule has 3 fully saturated rings. The number of nitrogens with one attached hydrogen (secondary N) is 1. The molecule has 3 saturated heterocycles. The summed E-state index contributed by atoms with van der Waals surface area (Å²) in [5, 5.41) is 3.01. The normalized spacial score (nSPS) is 23.9. The van der Waals surface area contributed by atoms with Crippen LogP contribution in [-0.4, -0.2) is 84.0 Å². The number of carbonyl (C=O) groups excluding carboxylic acids is 3. The van der Waals surface area contributed by atoms with E-state index in [1.165, 1.54) is 4.90 Å². The second-order valence-electron chi connectivity index (χ2n) is 8.78. The maximum atomic E-state index is 13.4. The molecule has 1 N–H and O–H groups in total. The molecule has 8 nitrogen and oxygen atoms in total. The fourth-order valence-corrected chi connectivity index (χ4v) is 5.13. The topological polar surface area (TPSA) is 82.2 Å². The van der Waals surface area contributed by atoms with Crippen molar-refractivity contribution < 1.29 is 19.1 Å². The molecule has 1 aromatic rings. The zero-order valence-electron chi connectivity index (χ0n) is 18.4. The number of imide groups is 1. The summed E-state index contributed by atoms with van der Waals surface area (Å²) in [6, 6.07) is 6.54. The van der Waals surface area contributed by atoms with Gasteiger partial charge >= 0.3 is 6.03 Å². The summed E-state index contributed by atoms with van der Waals surface area (Å²) in [7, 11) is 1.55. The number of piperidine rings is 2. The van der Waals surface area contributed by atoms with Gasteiger partial charge in [-0.1, -0.05) is 19.1 Å². The minimum atomic E-state index is -0.781. The summed E-state index contributed by atoms with van der Waals surface area (Å²) in [6.45, 7) is 5.76. The van der Waals surface area contributed by atoms with Crippen molar-refractivity contribution in [3.05, 3.63) is 29.8 Å². The van der Waals surface area contributed by atoms with Crippen LogP contribution < -0.4 is 10.1 Å². The van der Waals surface area contributed by atoms with Crippen LogP contribution in [0.1, 0.15) is 49.4 Å². The second kappa shape index (κ2) is 8.86. The van der Waals surface area contributed by atoms with E-state index in [2.05, 4.69) is 17.1 Å². The molecule has 0 aliphatic carbocycles.